The van der Waals surface area contributed by atoms with Crippen molar-refractivity contribution in [1.82, 2.24) is 9.88 Å². The van der Waals surface area contributed by atoms with Gasteiger partial charge in [-0.2, -0.15) is 5.26 Å². The fourth-order valence-corrected chi connectivity index (χ4v) is 2.68. The summed E-state index contributed by atoms with van der Waals surface area (Å²) in [4.78, 5) is 18.2. The predicted octanol–water partition coefficient (Wildman–Crippen LogP) is 3.25. The third kappa shape index (κ3) is 2.85. The van der Waals surface area contributed by atoms with E-state index in [-0.39, 0.29) is 6.09 Å². The topological polar surface area (TPSA) is 66.2 Å². The first-order valence-corrected chi connectivity index (χ1v) is 7.58. The number of aromatic nitrogens is 1. The van der Waals surface area contributed by atoms with Crippen LogP contribution in [-0.2, 0) is 10.2 Å². The van der Waals surface area contributed by atoms with Crippen molar-refractivity contribution in [1.29, 1.82) is 5.26 Å². The van der Waals surface area contributed by atoms with Gasteiger partial charge < -0.3 is 9.64 Å². The molecule has 0 radical (unpaired) electrons. The van der Waals surface area contributed by atoms with Crippen molar-refractivity contribution in [2.24, 2.45) is 0 Å². The van der Waals surface area contributed by atoms with E-state index in [1.807, 2.05) is 57.2 Å². The zero-order valence-electron chi connectivity index (χ0n) is 13.5. The van der Waals surface area contributed by atoms with Crippen LogP contribution in [0.15, 0.2) is 36.4 Å². The molecule has 0 unspecified atom stereocenters. The molecule has 1 aliphatic heterocycles. The van der Waals surface area contributed by atoms with E-state index in [2.05, 4.69) is 11.1 Å². The molecule has 5 nitrogen and oxygen atoms in total. The maximum atomic E-state index is 12.1. The molecule has 0 aliphatic carbocycles. The van der Waals surface area contributed by atoms with Crippen LogP contribution < -0.4 is 0 Å². The lowest BCUT2D eigenvalue weighted by molar-refractivity contribution is -0.000951. The van der Waals surface area contributed by atoms with Crippen molar-refractivity contribution < 1.29 is 9.53 Å². The van der Waals surface area contributed by atoms with Gasteiger partial charge in [-0.25, -0.2) is 4.79 Å². The van der Waals surface area contributed by atoms with Gasteiger partial charge in [0.1, 0.15) is 11.0 Å². The second-order valence-electron chi connectivity index (χ2n) is 6.92. The van der Waals surface area contributed by atoms with Gasteiger partial charge in [0.25, 0.3) is 0 Å². The first kappa shape index (κ1) is 15.3. The van der Waals surface area contributed by atoms with Gasteiger partial charge in [0.15, 0.2) is 0 Å². The standard InChI is InChI=1S/C18H19N3O2/c1-17(2,3)23-16(22)21-11-18(10-19,12-21)15-9-8-13-6-4-5-7-14(13)20-15/h4-9H,11-12H2,1-3H3. The van der Waals surface area contributed by atoms with Gasteiger partial charge in [-0.15, -0.1) is 0 Å². The van der Waals surface area contributed by atoms with Crippen LogP contribution in [0.2, 0.25) is 0 Å². The Morgan fingerprint density at radius 2 is 1.96 bits per heavy atom. The third-order valence-electron chi connectivity index (χ3n) is 3.88. The zero-order valence-corrected chi connectivity index (χ0v) is 13.5. The molecule has 2 heterocycles. The number of amides is 1. The van der Waals surface area contributed by atoms with E-state index < -0.39 is 11.0 Å². The Morgan fingerprint density at radius 3 is 2.61 bits per heavy atom. The highest BCUT2D eigenvalue weighted by molar-refractivity contribution is 5.79. The number of carbonyl (C=O) groups is 1. The van der Waals surface area contributed by atoms with Crippen LogP contribution in [0.4, 0.5) is 4.79 Å². The van der Waals surface area contributed by atoms with E-state index in [0.29, 0.717) is 18.8 Å². The molecule has 0 saturated carbocycles. The van der Waals surface area contributed by atoms with Gasteiger partial charge in [-0.3, -0.25) is 4.98 Å². The van der Waals surface area contributed by atoms with E-state index >= 15 is 0 Å². The van der Waals surface area contributed by atoms with Gasteiger partial charge in [0, 0.05) is 5.39 Å². The molecular formula is C18H19N3O2. The summed E-state index contributed by atoms with van der Waals surface area (Å²) in [6, 6.07) is 14.0. The monoisotopic (exact) mass is 309 g/mol. The summed E-state index contributed by atoms with van der Waals surface area (Å²) >= 11 is 0. The maximum Gasteiger partial charge on any atom is 0.410 e. The average Bonchev–Trinajstić information content (AvgIpc) is 2.45. The predicted molar refractivity (Wildman–Crippen MR) is 86.8 cm³/mol. The summed E-state index contributed by atoms with van der Waals surface area (Å²) in [5, 5.41) is 10.7. The minimum Gasteiger partial charge on any atom is -0.444 e. The number of fused-ring (bicyclic) bond motifs is 1. The SMILES string of the molecule is CC(C)(C)OC(=O)N1CC(C#N)(c2ccc3ccccc3n2)C1. The third-order valence-corrected chi connectivity index (χ3v) is 3.88. The van der Waals surface area contributed by atoms with Crippen LogP contribution in [0.3, 0.4) is 0 Å². The highest BCUT2D eigenvalue weighted by Gasteiger charge is 2.49. The Bertz CT molecular complexity index is 796. The Morgan fingerprint density at radius 1 is 1.26 bits per heavy atom. The molecule has 1 saturated heterocycles. The number of benzene rings is 1. The molecule has 0 atom stereocenters. The first-order valence-electron chi connectivity index (χ1n) is 7.58. The molecule has 1 aromatic heterocycles. The molecule has 23 heavy (non-hydrogen) atoms. The van der Waals surface area contributed by atoms with Gasteiger partial charge in [0.2, 0.25) is 0 Å². The quantitative estimate of drug-likeness (QED) is 0.811. The molecule has 3 rings (SSSR count). The maximum absolute atomic E-state index is 12.1. The lowest BCUT2D eigenvalue weighted by atomic mass is 9.78. The van der Waals surface area contributed by atoms with Crippen molar-refractivity contribution in [2.45, 2.75) is 31.8 Å². The fourth-order valence-electron chi connectivity index (χ4n) is 2.68. The van der Waals surface area contributed by atoms with E-state index in [4.69, 9.17) is 4.74 Å². The number of pyridine rings is 1. The van der Waals surface area contributed by atoms with Crippen LogP contribution in [-0.4, -0.2) is 34.7 Å². The highest BCUT2D eigenvalue weighted by atomic mass is 16.6. The summed E-state index contributed by atoms with van der Waals surface area (Å²) in [7, 11) is 0. The molecule has 1 amide bonds. The van der Waals surface area contributed by atoms with Crippen LogP contribution in [0.5, 0.6) is 0 Å². The number of carbonyl (C=O) groups excluding carboxylic acids is 1. The molecule has 1 aliphatic rings. The molecule has 1 fully saturated rings. The summed E-state index contributed by atoms with van der Waals surface area (Å²) in [6.45, 7) is 6.10. The summed E-state index contributed by atoms with van der Waals surface area (Å²) < 4.78 is 5.34. The van der Waals surface area contributed by atoms with Gasteiger partial charge in [-0.1, -0.05) is 24.3 Å². The average molecular weight is 309 g/mol. The number of nitrogens with zero attached hydrogens (tertiary/aromatic N) is 3. The lowest BCUT2D eigenvalue weighted by Crippen LogP contribution is -2.61. The van der Waals surface area contributed by atoms with Gasteiger partial charge in [-0.05, 0) is 32.9 Å². The highest BCUT2D eigenvalue weighted by Crippen LogP contribution is 2.34. The second kappa shape index (κ2) is 5.24. The molecule has 118 valence electrons. The normalized spacial score (nSPS) is 16.5. The Balaban J connectivity index is 1.81. The van der Waals surface area contributed by atoms with Crippen LogP contribution in [0, 0.1) is 11.3 Å². The van der Waals surface area contributed by atoms with Crippen molar-refractivity contribution in [2.75, 3.05) is 13.1 Å². The smallest absolute Gasteiger partial charge is 0.410 e. The van der Waals surface area contributed by atoms with Crippen LogP contribution >= 0.6 is 0 Å². The molecule has 0 spiro atoms. The van der Waals surface area contributed by atoms with Gasteiger partial charge >= 0.3 is 6.09 Å². The molecule has 5 heteroatoms. The number of para-hydroxylation sites is 1. The molecule has 0 bridgehead atoms. The summed E-state index contributed by atoms with van der Waals surface area (Å²) in [6.07, 6.45) is -0.385. The molecule has 0 N–H and O–H groups in total. The minimum absolute atomic E-state index is 0.309. The van der Waals surface area contributed by atoms with E-state index in [0.717, 1.165) is 10.9 Å². The summed E-state index contributed by atoms with van der Waals surface area (Å²) in [5.74, 6) is 0. The molecule has 2 aromatic rings. The zero-order chi connectivity index (χ0) is 16.7. The Hall–Kier alpha value is -2.61. The fraction of sp³-hybridized carbons (Fsp3) is 0.389. The number of hydrogen-bond acceptors (Lipinski definition) is 4. The Kier molecular flexibility index (Phi) is 3.48. The molecular weight excluding hydrogens is 290 g/mol. The van der Waals surface area contributed by atoms with E-state index in [1.165, 1.54) is 0 Å². The lowest BCUT2D eigenvalue weighted by Gasteiger charge is -2.45. The van der Waals surface area contributed by atoms with E-state index in [1.54, 1.807) is 4.90 Å². The first-order chi connectivity index (χ1) is 10.8. The number of nitriles is 1. The van der Waals surface area contributed by atoms with Gasteiger partial charge in [0.05, 0.1) is 30.4 Å². The number of ether oxygens (including phenoxy) is 1. The number of rotatable bonds is 1. The molecule has 1 aromatic carbocycles. The van der Waals surface area contributed by atoms with Crippen molar-refractivity contribution in [3.63, 3.8) is 0 Å². The minimum atomic E-state index is -0.749. The largest absolute Gasteiger partial charge is 0.444 e. The van der Waals surface area contributed by atoms with Crippen molar-refractivity contribution in [3.05, 3.63) is 42.1 Å². The van der Waals surface area contributed by atoms with E-state index in [9.17, 15) is 10.1 Å². The van der Waals surface area contributed by atoms with Crippen molar-refractivity contribution in [3.8, 4) is 6.07 Å². The van der Waals surface area contributed by atoms with Crippen molar-refractivity contribution >= 4 is 17.0 Å². The van der Waals surface area contributed by atoms with Crippen LogP contribution in [0.1, 0.15) is 26.5 Å². The number of likely N-dealkylation sites (tertiary alicyclic amines) is 1. The Labute approximate surface area is 135 Å². The second-order valence-corrected chi connectivity index (χ2v) is 6.92. The van der Waals surface area contributed by atoms with Crippen LogP contribution in [0.25, 0.3) is 10.9 Å². The number of hydrogen-bond donors (Lipinski definition) is 0. The summed E-state index contributed by atoms with van der Waals surface area (Å²) in [5.41, 5.74) is 0.276.